The molecule has 3 rings (SSSR count). The van der Waals surface area contributed by atoms with Gasteiger partial charge in [-0.15, -0.1) is 0 Å². The van der Waals surface area contributed by atoms with Crippen LogP contribution in [-0.4, -0.2) is 6.04 Å². The van der Waals surface area contributed by atoms with Crippen molar-refractivity contribution in [1.82, 2.24) is 0 Å². The van der Waals surface area contributed by atoms with E-state index in [1.165, 1.54) is 6.07 Å². The van der Waals surface area contributed by atoms with Crippen LogP contribution in [0.15, 0.2) is 30.3 Å². The molecule has 5 heteroatoms. The summed E-state index contributed by atoms with van der Waals surface area (Å²) in [6.07, 6.45) is 0.414. The Morgan fingerprint density at radius 3 is 2.71 bits per heavy atom. The molecule has 21 heavy (non-hydrogen) atoms. The van der Waals surface area contributed by atoms with Crippen molar-refractivity contribution in [3.63, 3.8) is 0 Å². The predicted octanol–water partition coefficient (Wildman–Crippen LogP) is 2.92. The Morgan fingerprint density at radius 2 is 1.95 bits per heavy atom. The number of nitrogens with zero attached hydrogens (tertiary/aromatic N) is 1. The Morgan fingerprint density at radius 1 is 1.19 bits per heavy atom. The van der Waals surface area contributed by atoms with Gasteiger partial charge in [0.15, 0.2) is 11.6 Å². The fraction of sp³-hybridized carbons (Fsp3) is 0.188. The maximum absolute atomic E-state index is 13.4. The lowest BCUT2D eigenvalue weighted by Gasteiger charge is -2.22. The highest BCUT2D eigenvalue weighted by Crippen LogP contribution is 2.39. The van der Waals surface area contributed by atoms with E-state index < -0.39 is 17.7 Å². The number of fused-ring (bicyclic) bond motifs is 3. The second kappa shape index (κ2) is 5.15. The lowest BCUT2D eigenvalue weighted by Crippen LogP contribution is -2.20. The Bertz CT molecular complexity index is 753. The third kappa shape index (κ3) is 2.46. The number of hydrogen-bond donors (Lipinski definition) is 1. The van der Waals surface area contributed by atoms with E-state index in [4.69, 9.17) is 15.7 Å². The van der Waals surface area contributed by atoms with E-state index >= 15 is 0 Å². The fourth-order valence-electron chi connectivity index (χ4n) is 2.45. The zero-order valence-electron chi connectivity index (χ0n) is 11.1. The third-order valence-corrected chi connectivity index (χ3v) is 3.49. The monoisotopic (exact) mass is 286 g/mol. The molecule has 2 aromatic carbocycles. The molecule has 0 unspecified atom stereocenters. The van der Waals surface area contributed by atoms with Crippen LogP contribution in [0.25, 0.3) is 11.1 Å². The second-order valence-electron chi connectivity index (χ2n) is 4.98. The molecular formula is C16H12F2N2O. The molecule has 0 spiro atoms. The minimum atomic E-state index is -0.878. The summed E-state index contributed by atoms with van der Waals surface area (Å²) in [6.45, 7) is 0.188. The summed E-state index contributed by atoms with van der Waals surface area (Å²) in [5.41, 5.74) is 8.43. The maximum atomic E-state index is 13.4. The molecule has 2 aromatic rings. The first-order chi connectivity index (χ1) is 10.1. The first-order valence-corrected chi connectivity index (χ1v) is 6.47. The van der Waals surface area contributed by atoms with Crippen LogP contribution in [0.4, 0.5) is 8.78 Å². The first-order valence-electron chi connectivity index (χ1n) is 6.47. The molecule has 0 saturated heterocycles. The molecule has 2 N–H and O–H groups in total. The summed E-state index contributed by atoms with van der Waals surface area (Å²) in [6, 6.07) is 9.12. The molecule has 1 aliphatic rings. The SMILES string of the molecule is N#C[C@@H](N)Cc1ccc2c(c1)OCc1cc(F)c(F)cc1-2. The summed E-state index contributed by atoms with van der Waals surface area (Å²) < 4.78 is 32.3. The molecule has 106 valence electrons. The molecule has 0 amide bonds. The lowest BCUT2D eigenvalue weighted by atomic mass is 9.94. The Labute approximate surface area is 120 Å². The van der Waals surface area contributed by atoms with Crippen LogP contribution in [0.3, 0.4) is 0 Å². The summed E-state index contributed by atoms with van der Waals surface area (Å²) in [5.74, 6) is -1.16. The van der Waals surface area contributed by atoms with E-state index in [0.717, 1.165) is 11.6 Å². The van der Waals surface area contributed by atoms with Crippen LogP contribution >= 0.6 is 0 Å². The maximum Gasteiger partial charge on any atom is 0.159 e. The minimum Gasteiger partial charge on any atom is -0.488 e. The van der Waals surface area contributed by atoms with E-state index in [0.29, 0.717) is 28.9 Å². The van der Waals surface area contributed by atoms with Crippen LogP contribution in [0.5, 0.6) is 5.75 Å². The van der Waals surface area contributed by atoms with Crippen molar-refractivity contribution >= 4 is 0 Å². The Hall–Kier alpha value is -2.45. The summed E-state index contributed by atoms with van der Waals surface area (Å²) in [7, 11) is 0. The van der Waals surface area contributed by atoms with Crippen molar-refractivity contribution in [3.8, 4) is 22.9 Å². The van der Waals surface area contributed by atoms with Gasteiger partial charge in [-0.2, -0.15) is 5.26 Å². The van der Waals surface area contributed by atoms with Crippen LogP contribution in [0.1, 0.15) is 11.1 Å². The largest absolute Gasteiger partial charge is 0.488 e. The van der Waals surface area contributed by atoms with E-state index in [2.05, 4.69) is 0 Å². The molecule has 1 aliphatic heterocycles. The van der Waals surface area contributed by atoms with Crippen LogP contribution in [0, 0.1) is 23.0 Å². The number of ether oxygens (including phenoxy) is 1. The fourth-order valence-corrected chi connectivity index (χ4v) is 2.45. The average Bonchev–Trinajstić information content (AvgIpc) is 2.48. The van der Waals surface area contributed by atoms with Gasteiger partial charge in [-0.25, -0.2) is 8.78 Å². The van der Waals surface area contributed by atoms with Gasteiger partial charge < -0.3 is 10.5 Å². The van der Waals surface area contributed by atoms with E-state index in [-0.39, 0.29) is 6.61 Å². The molecule has 0 aliphatic carbocycles. The molecule has 0 bridgehead atoms. The number of nitrogens with two attached hydrogens (primary N) is 1. The van der Waals surface area contributed by atoms with E-state index in [9.17, 15) is 8.78 Å². The van der Waals surface area contributed by atoms with Crippen molar-refractivity contribution in [2.75, 3.05) is 0 Å². The Balaban J connectivity index is 2.02. The first kappa shape index (κ1) is 13.5. The number of nitriles is 1. The van der Waals surface area contributed by atoms with Gasteiger partial charge >= 0.3 is 0 Å². The average molecular weight is 286 g/mol. The molecule has 0 fully saturated rings. The predicted molar refractivity (Wildman–Crippen MR) is 73.4 cm³/mol. The van der Waals surface area contributed by atoms with Crippen LogP contribution < -0.4 is 10.5 Å². The molecule has 0 radical (unpaired) electrons. The quantitative estimate of drug-likeness (QED) is 0.923. The highest BCUT2D eigenvalue weighted by atomic mass is 19.2. The second-order valence-corrected chi connectivity index (χ2v) is 4.98. The number of halogens is 2. The molecule has 1 atom stereocenters. The standard InChI is InChI=1S/C16H12F2N2O/c17-14-5-10-8-21-16-4-9(3-11(20)7-19)1-2-12(16)13(10)6-15(14)18/h1-2,4-6,11H,3,8,20H2/t11-/m0/s1. The van der Waals surface area contributed by atoms with Crippen molar-refractivity contribution < 1.29 is 13.5 Å². The summed E-state index contributed by atoms with van der Waals surface area (Å²) in [5, 5.41) is 8.74. The summed E-state index contributed by atoms with van der Waals surface area (Å²) in [4.78, 5) is 0. The minimum absolute atomic E-state index is 0.188. The van der Waals surface area contributed by atoms with Gasteiger partial charge in [0.05, 0.1) is 12.1 Å². The van der Waals surface area contributed by atoms with Gasteiger partial charge in [-0.3, -0.25) is 0 Å². The smallest absolute Gasteiger partial charge is 0.159 e. The van der Waals surface area contributed by atoms with Gasteiger partial charge in [-0.05, 0) is 29.3 Å². The van der Waals surface area contributed by atoms with E-state index in [1.807, 2.05) is 12.1 Å². The molecule has 0 saturated carbocycles. The zero-order chi connectivity index (χ0) is 15.0. The topological polar surface area (TPSA) is 59.0 Å². The number of hydrogen-bond acceptors (Lipinski definition) is 3. The van der Waals surface area contributed by atoms with Gasteiger partial charge in [0, 0.05) is 17.5 Å². The van der Waals surface area contributed by atoms with Crippen molar-refractivity contribution in [2.24, 2.45) is 5.73 Å². The van der Waals surface area contributed by atoms with Gasteiger partial charge in [-0.1, -0.05) is 12.1 Å². The molecule has 0 aromatic heterocycles. The normalized spacial score (nSPS) is 13.6. The van der Waals surface area contributed by atoms with E-state index in [1.54, 1.807) is 12.1 Å². The summed E-state index contributed by atoms with van der Waals surface area (Å²) >= 11 is 0. The highest BCUT2D eigenvalue weighted by molar-refractivity contribution is 5.75. The highest BCUT2D eigenvalue weighted by Gasteiger charge is 2.20. The molecule has 3 nitrogen and oxygen atoms in total. The van der Waals surface area contributed by atoms with Crippen molar-refractivity contribution in [2.45, 2.75) is 19.1 Å². The van der Waals surface area contributed by atoms with Gasteiger partial charge in [0.1, 0.15) is 12.4 Å². The zero-order valence-corrected chi connectivity index (χ0v) is 11.1. The van der Waals surface area contributed by atoms with Crippen LogP contribution in [-0.2, 0) is 13.0 Å². The van der Waals surface area contributed by atoms with Crippen molar-refractivity contribution in [1.29, 1.82) is 5.26 Å². The molecular weight excluding hydrogens is 274 g/mol. The van der Waals surface area contributed by atoms with Crippen LogP contribution in [0.2, 0.25) is 0 Å². The van der Waals surface area contributed by atoms with Gasteiger partial charge in [0.2, 0.25) is 0 Å². The number of benzene rings is 2. The number of rotatable bonds is 2. The van der Waals surface area contributed by atoms with Crippen molar-refractivity contribution in [3.05, 3.63) is 53.1 Å². The molecule has 1 heterocycles. The van der Waals surface area contributed by atoms with Gasteiger partial charge in [0.25, 0.3) is 0 Å². The third-order valence-electron chi connectivity index (χ3n) is 3.49. The lowest BCUT2D eigenvalue weighted by molar-refractivity contribution is 0.300. The Kier molecular flexibility index (Phi) is 3.32.